The maximum atomic E-state index is 11.8. The highest BCUT2D eigenvalue weighted by Crippen LogP contribution is 2.15. The maximum absolute atomic E-state index is 11.8. The summed E-state index contributed by atoms with van der Waals surface area (Å²) in [7, 11) is 1.52. The molecule has 0 saturated carbocycles. The first-order valence-electron chi connectivity index (χ1n) is 5.50. The number of hydrogen-bond acceptors (Lipinski definition) is 3. The van der Waals surface area contributed by atoms with E-state index in [0.29, 0.717) is 13.1 Å². The molecule has 3 N–H and O–H groups in total. The number of methoxy groups -OCH3 is 1. The van der Waals surface area contributed by atoms with Crippen molar-refractivity contribution in [3.63, 3.8) is 0 Å². The Morgan fingerprint density at radius 1 is 1.41 bits per heavy atom. The van der Waals surface area contributed by atoms with E-state index < -0.39 is 6.10 Å². The van der Waals surface area contributed by atoms with Gasteiger partial charge in [-0.25, -0.2) is 0 Å². The second-order valence-electron chi connectivity index (χ2n) is 3.48. The molecule has 0 fully saturated rings. The third kappa shape index (κ3) is 4.38. The summed E-state index contributed by atoms with van der Waals surface area (Å²) in [4.78, 5) is 11.8. The van der Waals surface area contributed by atoms with E-state index in [4.69, 9.17) is 10.5 Å². The number of carbonyl (C=O) groups excluding carboxylic acids is 1. The van der Waals surface area contributed by atoms with Gasteiger partial charge in [-0.3, -0.25) is 4.79 Å². The normalized spacial score (nSPS) is 12.6. The minimum absolute atomic E-state index is 0.152. The predicted molar refractivity (Wildman–Crippen MR) is 67.4 cm³/mol. The molecule has 1 unspecified atom stereocenters. The molecule has 1 rings (SSSR count). The van der Waals surface area contributed by atoms with Gasteiger partial charge in [0, 0.05) is 20.2 Å². The van der Waals surface area contributed by atoms with Gasteiger partial charge in [0.15, 0.2) is 6.10 Å². The fourth-order valence-corrected chi connectivity index (χ4v) is 1.45. The van der Waals surface area contributed by atoms with E-state index in [2.05, 4.69) is 5.32 Å². The average Bonchev–Trinajstić information content (AvgIpc) is 2.37. The Morgan fingerprint density at radius 3 is 2.71 bits per heavy atom. The number of carbonyl (C=O) groups is 1. The van der Waals surface area contributed by atoms with Crippen LogP contribution in [0.5, 0.6) is 0 Å². The number of hydrogen-bond donors (Lipinski definition) is 2. The number of benzene rings is 1. The molecule has 0 aromatic heterocycles. The highest BCUT2D eigenvalue weighted by Gasteiger charge is 2.18. The van der Waals surface area contributed by atoms with Gasteiger partial charge in [0.1, 0.15) is 0 Å². The van der Waals surface area contributed by atoms with Crippen LogP contribution in [-0.4, -0.2) is 26.1 Å². The second-order valence-corrected chi connectivity index (χ2v) is 3.48. The number of amides is 1. The van der Waals surface area contributed by atoms with Gasteiger partial charge in [0.2, 0.25) is 0 Å². The van der Waals surface area contributed by atoms with E-state index in [1.165, 1.54) is 7.11 Å². The summed E-state index contributed by atoms with van der Waals surface area (Å²) in [6.07, 6.45) is 3.04. The van der Waals surface area contributed by atoms with E-state index in [1.54, 1.807) is 6.08 Å². The van der Waals surface area contributed by atoms with E-state index in [0.717, 1.165) is 5.56 Å². The molecule has 1 atom stereocenters. The first-order chi connectivity index (χ1) is 8.29. The largest absolute Gasteiger partial charge is 0.367 e. The van der Waals surface area contributed by atoms with Crippen molar-refractivity contribution in [2.24, 2.45) is 5.73 Å². The van der Waals surface area contributed by atoms with Gasteiger partial charge in [-0.05, 0) is 5.56 Å². The summed E-state index contributed by atoms with van der Waals surface area (Å²) in [6.45, 7) is 0.936. The molecule has 0 radical (unpaired) electrons. The smallest absolute Gasteiger partial charge is 0.253 e. The quantitative estimate of drug-likeness (QED) is 0.722. The Labute approximate surface area is 101 Å². The zero-order valence-corrected chi connectivity index (χ0v) is 9.93. The van der Waals surface area contributed by atoms with Crippen LogP contribution in [0.3, 0.4) is 0 Å². The number of rotatable bonds is 6. The van der Waals surface area contributed by atoms with E-state index in [1.807, 2.05) is 36.4 Å². The van der Waals surface area contributed by atoms with Crippen LogP contribution in [0.1, 0.15) is 11.7 Å². The second kappa shape index (κ2) is 7.60. The van der Waals surface area contributed by atoms with Gasteiger partial charge in [0.05, 0.1) is 0 Å². The lowest BCUT2D eigenvalue weighted by molar-refractivity contribution is -0.131. The van der Waals surface area contributed by atoms with Crippen LogP contribution in [0.4, 0.5) is 0 Å². The van der Waals surface area contributed by atoms with Crippen LogP contribution in [-0.2, 0) is 9.53 Å². The van der Waals surface area contributed by atoms with Crippen molar-refractivity contribution in [1.29, 1.82) is 0 Å². The molecule has 92 valence electrons. The van der Waals surface area contributed by atoms with Crippen LogP contribution in [0, 0.1) is 0 Å². The zero-order valence-electron chi connectivity index (χ0n) is 9.93. The number of nitrogens with two attached hydrogens (primary N) is 1. The molecule has 1 aromatic rings. The SMILES string of the molecule is COC(C(=O)NCC=CCN)c1ccccc1. The van der Waals surface area contributed by atoms with Crippen molar-refractivity contribution in [1.82, 2.24) is 5.32 Å². The summed E-state index contributed by atoms with van der Waals surface area (Å²) in [6, 6.07) is 9.39. The van der Waals surface area contributed by atoms with Crippen molar-refractivity contribution < 1.29 is 9.53 Å². The molecular weight excluding hydrogens is 216 g/mol. The maximum Gasteiger partial charge on any atom is 0.253 e. The fraction of sp³-hybridized carbons (Fsp3) is 0.308. The van der Waals surface area contributed by atoms with E-state index >= 15 is 0 Å². The third-order valence-corrected chi connectivity index (χ3v) is 2.27. The third-order valence-electron chi connectivity index (χ3n) is 2.27. The first kappa shape index (κ1) is 13.4. The molecule has 0 spiro atoms. The number of nitrogens with one attached hydrogen (secondary N) is 1. The van der Waals surface area contributed by atoms with Crippen molar-refractivity contribution in [3.8, 4) is 0 Å². The van der Waals surface area contributed by atoms with Gasteiger partial charge in [-0.2, -0.15) is 0 Å². The van der Waals surface area contributed by atoms with E-state index in [9.17, 15) is 4.79 Å². The van der Waals surface area contributed by atoms with E-state index in [-0.39, 0.29) is 5.91 Å². The molecule has 0 aliphatic rings. The summed E-state index contributed by atoms with van der Waals surface area (Å²) in [5.41, 5.74) is 6.14. The van der Waals surface area contributed by atoms with Crippen LogP contribution >= 0.6 is 0 Å². The zero-order chi connectivity index (χ0) is 12.5. The van der Waals surface area contributed by atoms with Crippen molar-refractivity contribution >= 4 is 5.91 Å². The van der Waals surface area contributed by atoms with Crippen LogP contribution in [0.25, 0.3) is 0 Å². The molecule has 4 nitrogen and oxygen atoms in total. The summed E-state index contributed by atoms with van der Waals surface area (Å²) < 4.78 is 5.19. The molecule has 0 heterocycles. The van der Waals surface area contributed by atoms with Crippen molar-refractivity contribution in [3.05, 3.63) is 48.0 Å². The molecule has 0 bridgehead atoms. The monoisotopic (exact) mass is 234 g/mol. The number of ether oxygens (including phenoxy) is 1. The van der Waals surface area contributed by atoms with Crippen LogP contribution < -0.4 is 11.1 Å². The van der Waals surface area contributed by atoms with Crippen LogP contribution in [0.15, 0.2) is 42.5 Å². The minimum Gasteiger partial charge on any atom is -0.367 e. The molecule has 1 amide bonds. The Balaban J connectivity index is 2.56. The molecule has 0 aliphatic carbocycles. The molecule has 17 heavy (non-hydrogen) atoms. The Hall–Kier alpha value is -1.65. The van der Waals surface area contributed by atoms with Crippen LogP contribution in [0.2, 0.25) is 0 Å². The topological polar surface area (TPSA) is 64.3 Å². The summed E-state index contributed by atoms with van der Waals surface area (Å²) >= 11 is 0. The summed E-state index contributed by atoms with van der Waals surface area (Å²) in [5.74, 6) is -0.152. The lowest BCUT2D eigenvalue weighted by Gasteiger charge is -2.14. The Bertz CT molecular complexity index is 363. The van der Waals surface area contributed by atoms with Gasteiger partial charge in [-0.1, -0.05) is 42.5 Å². The molecule has 0 aliphatic heterocycles. The van der Waals surface area contributed by atoms with Crippen molar-refractivity contribution in [2.75, 3.05) is 20.2 Å². The molecule has 4 heteroatoms. The standard InChI is InChI=1S/C13H18N2O2/c1-17-12(11-7-3-2-4-8-11)13(16)15-10-6-5-9-14/h2-8,12H,9-10,14H2,1H3,(H,15,16). The lowest BCUT2D eigenvalue weighted by atomic mass is 10.1. The lowest BCUT2D eigenvalue weighted by Crippen LogP contribution is -2.30. The highest BCUT2D eigenvalue weighted by molar-refractivity contribution is 5.82. The minimum atomic E-state index is -0.567. The van der Waals surface area contributed by atoms with Gasteiger partial charge < -0.3 is 15.8 Å². The fourth-order valence-electron chi connectivity index (χ4n) is 1.45. The Kier molecular flexibility index (Phi) is 5.99. The van der Waals surface area contributed by atoms with Gasteiger partial charge >= 0.3 is 0 Å². The predicted octanol–water partition coefficient (Wildman–Crippen LogP) is 1.01. The molecular formula is C13H18N2O2. The molecule has 1 aromatic carbocycles. The Morgan fingerprint density at radius 2 is 2.12 bits per heavy atom. The van der Waals surface area contributed by atoms with Crippen molar-refractivity contribution in [2.45, 2.75) is 6.10 Å². The molecule has 0 saturated heterocycles. The van der Waals surface area contributed by atoms with Gasteiger partial charge in [0.25, 0.3) is 5.91 Å². The van der Waals surface area contributed by atoms with Gasteiger partial charge in [-0.15, -0.1) is 0 Å². The highest BCUT2D eigenvalue weighted by atomic mass is 16.5. The first-order valence-corrected chi connectivity index (χ1v) is 5.50. The summed E-state index contributed by atoms with van der Waals surface area (Å²) in [5, 5.41) is 2.76. The average molecular weight is 234 g/mol.